The summed E-state index contributed by atoms with van der Waals surface area (Å²) in [5.41, 5.74) is 0.493. The Kier molecular flexibility index (Phi) is 4.44. The first-order valence-electron chi connectivity index (χ1n) is 5.70. The van der Waals surface area contributed by atoms with E-state index in [1.807, 2.05) is 0 Å². The second-order valence-electron chi connectivity index (χ2n) is 4.02. The highest BCUT2D eigenvalue weighted by Crippen LogP contribution is 2.07. The standard InChI is InChI=1S/C13H15FN2O2/c14-13-4-2-1-3-11(13)8-18-9-12(17)7-16-6-5-15-10-16/h1-6,10,12,17H,7-9H2. The van der Waals surface area contributed by atoms with E-state index in [1.54, 1.807) is 41.5 Å². The fraction of sp³-hybridized carbons (Fsp3) is 0.308. The van der Waals surface area contributed by atoms with Crippen LogP contribution in [0.2, 0.25) is 0 Å². The molecule has 2 aromatic rings. The molecule has 0 radical (unpaired) electrons. The van der Waals surface area contributed by atoms with E-state index < -0.39 is 6.10 Å². The van der Waals surface area contributed by atoms with Gasteiger partial charge in [-0.15, -0.1) is 0 Å². The number of hydrogen-bond donors (Lipinski definition) is 1. The molecule has 1 aromatic heterocycles. The number of benzene rings is 1. The van der Waals surface area contributed by atoms with Gasteiger partial charge in [-0.25, -0.2) is 9.37 Å². The Morgan fingerprint density at radius 1 is 1.39 bits per heavy atom. The van der Waals surface area contributed by atoms with Crippen molar-refractivity contribution in [2.45, 2.75) is 19.3 Å². The molecule has 1 atom stereocenters. The minimum atomic E-state index is -0.633. The van der Waals surface area contributed by atoms with Crippen molar-refractivity contribution < 1.29 is 14.2 Å². The van der Waals surface area contributed by atoms with Crippen molar-refractivity contribution in [3.8, 4) is 0 Å². The average molecular weight is 250 g/mol. The SMILES string of the molecule is OC(COCc1ccccc1F)Cn1ccnc1. The molecule has 5 heteroatoms. The smallest absolute Gasteiger partial charge is 0.128 e. The van der Waals surface area contributed by atoms with E-state index in [1.165, 1.54) is 6.07 Å². The summed E-state index contributed by atoms with van der Waals surface area (Å²) in [6.45, 7) is 0.734. The fourth-order valence-corrected chi connectivity index (χ4v) is 1.61. The first kappa shape index (κ1) is 12.7. The molecule has 1 N–H and O–H groups in total. The summed E-state index contributed by atoms with van der Waals surface area (Å²) in [5.74, 6) is -0.290. The maximum Gasteiger partial charge on any atom is 0.128 e. The minimum Gasteiger partial charge on any atom is -0.389 e. The third-order valence-corrected chi connectivity index (χ3v) is 2.51. The number of ether oxygens (including phenoxy) is 1. The van der Waals surface area contributed by atoms with Crippen molar-refractivity contribution in [2.24, 2.45) is 0 Å². The van der Waals surface area contributed by atoms with Crippen LogP contribution in [0.15, 0.2) is 43.0 Å². The highest BCUT2D eigenvalue weighted by Gasteiger charge is 2.06. The van der Waals surface area contributed by atoms with Crippen molar-refractivity contribution in [1.29, 1.82) is 0 Å². The molecular formula is C13H15FN2O2. The number of aliphatic hydroxyl groups excluding tert-OH is 1. The Bertz CT molecular complexity index is 474. The normalized spacial score (nSPS) is 12.6. The van der Waals surface area contributed by atoms with Crippen LogP contribution in [0.1, 0.15) is 5.56 Å². The van der Waals surface area contributed by atoms with Crippen LogP contribution in [0.25, 0.3) is 0 Å². The van der Waals surface area contributed by atoms with Crippen LogP contribution in [-0.4, -0.2) is 27.4 Å². The zero-order valence-electron chi connectivity index (χ0n) is 9.87. The van der Waals surface area contributed by atoms with Gasteiger partial charge in [0.2, 0.25) is 0 Å². The summed E-state index contributed by atoms with van der Waals surface area (Å²) < 4.78 is 20.3. The highest BCUT2D eigenvalue weighted by molar-refractivity contribution is 5.16. The predicted molar refractivity (Wildman–Crippen MR) is 64.3 cm³/mol. The molecule has 0 spiro atoms. The fourth-order valence-electron chi connectivity index (χ4n) is 1.61. The molecule has 1 unspecified atom stereocenters. The van der Waals surface area contributed by atoms with E-state index in [2.05, 4.69) is 4.98 Å². The molecule has 0 aliphatic rings. The number of aliphatic hydroxyl groups is 1. The molecule has 96 valence electrons. The van der Waals surface area contributed by atoms with Crippen LogP contribution < -0.4 is 0 Å². The number of nitrogens with zero attached hydrogens (tertiary/aromatic N) is 2. The maximum atomic E-state index is 13.3. The van der Waals surface area contributed by atoms with E-state index >= 15 is 0 Å². The third kappa shape index (κ3) is 3.65. The zero-order chi connectivity index (χ0) is 12.8. The quantitative estimate of drug-likeness (QED) is 0.847. The molecule has 0 aliphatic heterocycles. The van der Waals surface area contributed by atoms with Crippen LogP contribution in [0.4, 0.5) is 4.39 Å². The topological polar surface area (TPSA) is 47.3 Å². The molecular weight excluding hydrogens is 235 g/mol. The Hall–Kier alpha value is -1.72. The average Bonchev–Trinajstić information content (AvgIpc) is 2.84. The molecule has 1 aromatic carbocycles. The van der Waals surface area contributed by atoms with Gasteiger partial charge in [0.15, 0.2) is 0 Å². The van der Waals surface area contributed by atoms with Crippen molar-refractivity contribution in [3.63, 3.8) is 0 Å². The van der Waals surface area contributed by atoms with Crippen molar-refractivity contribution in [3.05, 3.63) is 54.4 Å². The monoisotopic (exact) mass is 250 g/mol. The second-order valence-corrected chi connectivity index (χ2v) is 4.02. The van der Waals surface area contributed by atoms with Crippen LogP contribution in [0.3, 0.4) is 0 Å². The van der Waals surface area contributed by atoms with Crippen molar-refractivity contribution >= 4 is 0 Å². The number of hydrogen-bond acceptors (Lipinski definition) is 3. The van der Waals surface area contributed by atoms with Gasteiger partial charge < -0.3 is 14.4 Å². The largest absolute Gasteiger partial charge is 0.389 e. The molecule has 2 rings (SSSR count). The van der Waals surface area contributed by atoms with Gasteiger partial charge in [0.05, 0.1) is 32.2 Å². The summed E-state index contributed by atoms with van der Waals surface area (Å²) in [4.78, 5) is 3.88. The minimum absolute atomic E-state index is 0.159. The number of halogens is 1. The van der Waals surface area contributed by atoms with Gasteiger partial charge in [0.1, 0.15) is 5.82 Å². The molecule has 0 amide bonds. The Balaban J connectivity index is 1.74. The summed E-state index contributed by atoms with van der Waals surface area (Å²) >= 11 is 0. The van der Waals surface area contributed by atoms with Gasteiger partial charge in [-0.2, -0.15) is 0 Å². The lowest BCUT2D eigenvalue weighted by Crippen LogP contribution is -2.21. The third-order valence-electron chi connectivity index (χ3n) is 2.51. The van der Waals surface area contributed by atoms with Gasteiger partial charge in [-0.05, 0) is 6.07 Å². The second kappa shape index (κ2) is 6.28. The number of aromatic nitrogens is 2. The molecule has 0 saturated heterocycles. The van der Waals surface area contributed by atoms with E-state index in [0.717, 1.165) is 0 Å². The van der Waals surface area contributed by atoms with Gasteiger partial charge in [0, 0.05) is 18.0 Å². The lowest BCUT2D eigenvalue weighted by molar-refractivity contribution is 0.0194. The van der Waals surface area contributed by atoms with Crippen LogP contribution in [0.5, 0.6) is 0 Å². The van der Waals surface area contributed by atoms with E-state index in [9.17, 15) is 9.50 Å². The van der Waals surface area contributed by atoms with Crippen molar-refractivity contribution in [1.82, 2.24) is 9.55 Å². The van der Waals surface area contributed by atoms with Gasteiger partial charge in [-0.3, -0.25) is 0 Å². The number of rotatable bonds is 6. The first-order chi connectivity index (χ1) is 8.75. The van der Waals surface area contributed by atoms with Crippen LogP contribution >= 0.6 is 0 Å². The molecule has 18 heavy (non-hydrogen) atoms. The molecule has 0 bridgehead atoms. The molecule has 0 fully saturated rings. The zero-order valence-corrected chi connectivity index (χ0v) is 9.87. The van der Waals surface area contributed by atoms with E-state index in [-0.39, 0.29) is 19.0 Å². The predicted octanol–water partition coefficient (Wildman–Crippen LogP) is 1.60. The Morgan fingerprint density at radius 2 is 2.22 bits per heavy atom. The summed E-state index contributed by atoms with van der Waals surface area (Å²) in [5, 5.41) is 9.70. The van der Waals surface area contributed by atoms with Gasteiger partial charge in [-0.1, -0.05) is 18.2 Å². The van der Waals surface area contributed by atoms with Gasteiger partial charge in [0.25, 0.3) is 0 Å². The summed E-state index contributed by atoms with van der Waals surface area (Å²) in [6, 6.07) is 6.44. The lowest BCUT2D eigenvalue weighted by Gasteiger charge is -2.12. The number of imidazole rings is 1. The highest BCUT2D eigenvalue weighted by atomic mass is 19.1. The Morgan fingerprint density at radius 3 is 2.94 bits per heavy atom. The summed E-state index contributed by atoms with van der Waals surface area (Å²) in [6.07, 6.45) is 4.40. The first-order valence-corrected chi connectivity index (χ1v) is 5.70. The molecule has 0 aliphatic carbocycles. The van der Waals surface area contributed by atoms with E-state index in [0.29, 0.717) is 12.1 Å². The molecule has 0 saturated carbocycles. The van der Waals surface area contributed by atoms with Crippen LogP contribution in [-0.2, 0) is 17.9 Å². The summed E-state index contributed by atoms with van der Waals surface area (Å²) in [7, 11) is 0. The molecule has 4 nitrogen and oxygen atoms in total. The Labute approximate surface area is 105 Å². The lowest BCUT2D eigenvalue weighted by atomic mass is 10.2. The molecule has 1 heterocycles. The van der Waals surface area contributed by atoms with Gasteiger partial charge >= 0.3 is 0 Å². The van der Waals surface area contributed by atoms with E-state index in [4.69, 9.17) is 4.74 Å². The van der Waals surface area contributed by atoms with Crippen molar-refractivity contribution in [2.75, 3.05) is 6.61 Å². The van der Waals surface area contributed by atoms with Crippen LogP contribution in [0, 0.1) is 5.82 Å². The maximum absolute atomic E-state index is 13.3.